The van der Waals surface area contributed by atoms with Crippen molar-refractivity contribution in [3.63, 3.8) is 0 Å². The largest absolute Gasteiger partial charge is 0.252 e. The number of sulfonamides is 2. The van der Waals surface area contributed by atoms with E-state index in [-0.39, 0.29) is 31.1 Å². The monoisotopic (exact) mass is 414 g/mol. The van der Waals surface area contributed by atoms with Gasteiger partial charge in [0, 0.05) is 31.1 Å². The lowest BCUT2D eigenvalue weighted by molar-refractivity contribution is 0.273. The van der Waals surface area contributed by atoms with Gasteiger partial charge in [0.1, 0.15) is 4.21 Å². The quantitative estimate of drug-likeness (QED) is 0.770. The summed E-state index contributed by atoms with van der Waals surface area (Å²) < 4.78 is 54.1. The first-order valence-electron chi connectivity index (χ1n) is 8.26. The standard InChI is InChI=1S/C17H22N2O4S3/c1-13-4-6-16(12-14(13)2)25(20,21)18-8-10-19(11-9-18)26(22,23)17-7-5-15(3)24-17/h4-7,12H,8-11H2,1-3H3. The first-order chi connectivity index (χ1) is 12.1. The van der Waals surface area contributed by atoms with Crippen molar-refractivity contribution in [3.05, 3.63) is 46.3 Å². The molecule has 1 aromatic heterocycles. The van der Waals surface area contributed by atoms with Crippen molar-refractivity contribution in [1.29, 1.82) is 0 Å². The zero-order chi connectivity index (χ0) is 19.1. The summed E-state index contributed by atoms with van der Waals surface area (Å²) in [6.45, 7) is 6.28. The summed E-state index contributed by atoms with van der Waals surface area (Å²) in [7, 11) is -7.17. The molecule has 0 bridgehead atoms. The van der Waals surface area contributed by atoms with E-state index >= 15 is 0 Å². The number of piperazine rings is 1. The lowest BCUT2D eigenvalue weighted by atomic mass is 10.1. The summed E-state index contributed by atoms with van der Waals surface area (Å²) in [6, 6.07) is 8.45. The van der Waals surface area contributed by atoms with Crippen LogP contribution in [0.25, 0.3) is 0 Å². The molecular formula is C17H22N2O4S3. The highest BCUT2D eigenvalue weighted by molar-refractivity contribution is 7.91. The molecule has 2 heterocycles. The summed E-state index contributed by atoms with van der Waals surface area (Å²) in [5.41, 5.74) is 1.95. The van der Waals surface area contributed by atoms with Gasteiger partial charge in [0.05, 0.1) is 4.90 Å². The molecule has 1 aromatic carbocycles. The zero-order valence-corrected chi connectivity index (χ0v) is 17.4. The van der Waals surface area contributed by atoms with E-state index in [0.717, 1.165) is 16.0 Å². The Morgan fingerprint density at radius 2 is 1.35 bits per heavy atom. The van der Waals surface area contributed by atoms with E-state index in [0.29, 0.717) is 4.21 Å². The van der Waals surface area contributed by atoms with Gasteiger partial charge in [0.15, 0.2) is 0 Å². The molecule has 1 aliphatic rings. The Bertz CT molecular complexity index is 1020. The number of thiophene rings is 1. The maximum Gasteiger partial charge on any atom is 0.252 e. The highest BCUT2D eigenvalue weighted by Gasteiger charge is 2.34. The molecule has 2 aromatic rings. The van der Waals surface area contributed by atoms with Gasteiger partial charge in [0.25, 0.3) is 10.0 Å². The fourth-order valence-corrected chi connectivity index (χ4v) is 7.22. The Balaban J connectivity index is 1.76. The van der Waals surface area contributed by atoms with E-state index in [4.69, 9.17) is 0 Å². The third-order valence-corrected chi connectivity index (χ3v) is 9.88. The van der Waals surface area contributed by atoms with Crippen LogP contribution in [0.15, 0.2) is 39.4 Å². The Labute approximate surface area is 159 Å². The Morgan fingerprint density at radius 3 is 1.85 bits per heavy atom. The summed E-state index contributed by atoms with van der Waals surface area (Å²) in [5.74, 6) is 0. The summed E-state index contributed by atoms with van der Waals surface area (Å²) in [6.07, 6.45) is 0. The molecule has 1 saturated heterocycles. The van der Waals surface area contributed by atoms with E-state index in [1.807, 2.05) is 20.8 Å². The van der Waals surface area contributed by atoms with Crippen LogP contribution in [0.4, 0.5) is 0 Å². The van der Waals surface area contributed by atoms with Gasteiger partial charge < -0.3 is 0 Å². The average molecular weight is 415 g/mol. The second-order valence-corrected chi connectivity index (χ2v) is 11.8. The number of aryl methyl sites for hydroxylation is 3. The molecule has 26 heavy (non-hydrogen) atoms. The van der Waals surface area contributed by atoms with Gasteiger partial charge in [0.2, 0.25) is 10.0 Å². The highest BCUT2D eigenvalue weighted by Crippen LogP contribution is 2.26. The van der Waals surface area contributed by atoms with Gasteiger partial charge in [-0.05, 0) is 56.2 Å². The molecule has 1 fully saturated rings. The molecule has 0 spiro atoms. The van der Waals surface area contributed by atoms with E-state index in [2.05, 4.69) is 0 Å². The molecule has 0 saturated carbocycles. The molecule has 6 nitrogen and oxygen atoms in total. The summed E-state index contributed by atoms with van der Waals surface area (Å²) in [4.78, 5) is 1.19. The second-order valence-electron chi connectivity index (χ2n) is 6.42. The van der Waals surface area contributed by atoms with Crippen molar-refractivity contribution in [2.75, 3.05) is 26.2 Å². The molecule has 3 rings (SSSR count). The van der Waals surface area contributed by atoms with Crippen LogP contribution in [0.5, 0.6) is 0 Å². The molecule has 0 atom stereocenters. The molecule has 0 radical (unpaired) electrons. The van der Waals surface area contributed by atoms with Crippen LogP contribution < -0.4 is 0 Å². The van der Waals surface area contributed by atoms with E-state index < -0.39 is 20.0 Å². The fourth-order valence-electron chi connectivity index (χ4n) is 2.85. The van der Waals surface area contributed by atoms with Crippen LogP contribution in [-0.4, -0.2) is 51.6 Å². The van der Waals surface area contributed by atoms with E-state index in [9.17, 15) is 16.8 Å². The molecule has 0 N–H and O–H groups in total. The fraction of sp³-hybridized carbons (Fsp3) is 0.412. The number of rotatable bonds is 4. The molecule has 0 amide bonds. The number of hydrogen-bond acceptors (Lipinski definition) is 5. The van der Waals surface area contributed by atoms with Crippen molar-refractivity contribution < 1.29 is 16.8 Å². The summed E-state index contributed by atoms with van der Waals surface area (Å²) >= 11 is 1.23. The Morgan fingerprint density at radius 1 is 0.769 bits per heavy atom. The van der Waals surface area contributed by atoms with Crippen molar-refractivity contribution in [2.24, 2.45) is 0 Å². The maximum atomic E-state index is 12.8. The predicted molar refractivity (Wildman–Crippen MR) is 102 cm³/mol. The van der Waals surface area contributed by atoms with Crippen LogP contribution in [0.2, 0.25) is 0 Å². The molecular weight excluding hydrogens is 392 g/mol. The smallest absolute Gasteiger partial charge is 0.207 e. The second kappa shape index (κ2) is 7.05. The van der Waals surface area contributed by atoms with Gasteiger partial charge in [-0.15, -0.1) is 11.3 Å². The lowest BCUT2D eigenvalue weighted by Crippen LogP contribution is -2.50. The van der Waals surface area contributed by atoms with Crippen LogP contribution in [-0.2, 0) is 20.0 Å². The molecule has 1 aliphatic heterocycles. The number of hydrogen-bond donors (Lipinski definition) is 0. The first kappa shape index (κ1) is 19.5. The zero-order valence-electron chi connectivity index (χ0n) is 15.0. The maximum absolute atomic E-state index is 12.8. The Hall–Kier alpha value is -1.26. The molecule has 0 aliphatic carbocycles. The van der Waals surface area contributed by atoms with E-state index in [1.54, 1.807) is 30.3 Å². The summed E-state index contributed by atoms with van der Waals surface area (Å²) in [5, 5.41) is 0. The topological polar surface area (TPSA) is 74.8 Å². The Kier molecular flexibility index (Phi) is 5.28. The van der Waals surface area contributed by atoms with Crippen molar-refractivity contribution in [3.8, 4) is 0 Å². The normalized spacial score (nSPS) is 17.5. The van der Waals surface area contributed by atoms with Gasteiger partial charge in [-0.1, -0.05) is 6.07 Å². The van der Waals surface area contributed by atoms with Crippen LogP contribution in [0.3, 0.4) is 0 Å². The minimum atomic E-state index is -3.62. The number of benzene rings is 1. The van der Waals surface area contributed by atoms with E-state index in [1.165, 1.54) is 19.9 Å². The predicted octanol–water partition coefficient (Wildman–Crippen LogP) is 2.37. The van der Waals surface area contributed by atoms with Crippen LogP contribution >= 0.6 is 11.3 Å². The highest BCUT2D eigenvalue weighted by atomic mass is 32.2. The molecule has 0 unspecified atom stereocenters. The average Bonchev–Trinajstić information content (AvgIpc) is 3.04. The third-order valence-electron chi connectivity index (χ3n) is 4.62. The molecule has 142 valence electrons. The van der Waals surface area contributed by atoms with Crippen LogP contribution in [0.1, 0.15) is 16.0 Å². The van der Waals surface area contributed by atoms with Gasteiger partial charge in [-0.25, -0.2) is 16.8 Å². The minimum Gasteiger partial charge on any atom is -0.207 e. The van der Waals surface area contributed by atoms with Gasteiger partial charge >= 0.3 is 0 Å². The third kappa shape index (κ3) is 3.59. The van der Waals surface area contributed by atoms with Crippen molar-refractivity contribution in [2.45, 2.75) is 29.9 Å². The first-order valence-corrected chi connectivity index (χ1v) is 12.0. The molecule has 9 heteroatoms. The van der Waals surface area contributed by atoms with Crippen molar-refractivity contribution in [1.82, 2.24) is 8.61 Å². The van der Waals surface area contributed by atoms with Gasteiger partial charge in [-0.2, -0.15) is 8.61 Å². The minimum absolute atomic E-state index is 0.152. The number of nitrogens with zero attached hydrogens (tertiary/aromatic N) is 2. The van der Waals surface area contributed by atoms with Crippen molar-refractivity contribution >= 4 is 31.4 Å². The van der Waals surface area contributed by atoms with Crippen LogP contribution in [0, 0.1) is 20.8 Å². The lowest BCUT2D eigenvalue weighted by Gasteiger charge is -2.33. The SMILES string of the molecule is Cc1ccc(S(=O)(=O)N2CCN(S(=O)(=O)c3ccc(C)c(C)c3)CC2)s1. The van der Waals surface area contributed by atoms with Gasteiger partial charge in [-0.3, -0.25) is 0 Å².